The minimum Gasteiger partial charge on any atom is -0.507 e. The van der Waals surface area contributed by atoms with Crippen molar-refractivity contribution in [3.8, 4) is 28.3 Å². The molecule has 1 aromatic heterocycles. The van der Waals surface area contributed by atoms with E-state index < -0.39 is 12.1 Å². The second-order valence-electron chi connectivity index (χ2n) is 6.73. The van der Waals surface area contributed by atoms with Crippen LogP contribution in [0.4, 0.5) is 4.39 Å². The molecule has 0 saturated heterocycles. The second-order valence-corrected chi connectivity index (χ2v) is 6.73. The van der Waals surface area contributed by atoms with Gasteiger partial charge in [-0.25, -0.2) is 19.2 Å². The van der Waals surface area contributed by atoms with Crippen LogP contribution in [0.25, 0.3) is 22.5 Å². The molecule has 0 fully saturated rings. The van der Waals surface area contributed by atoms with Gasteiger partial charge in [0.25, 0.3) is 0 Å². The van der Waals surface area contributed by atoms with Crippen molar-refractivity contribution in [1.82, 2.24) is 9.97 Å². The predicted octanol–water partition coefficient (Wildman–Crippen LogP) is 5.20. The van der Waals surface area contributed by atoms with Gasteiger partial charge in [0.05, 0.1) is 5.56 Å². The first-order valence-corrected chi connectivity index (χ1v) is 9.60. The van der Waals surface area contributed by atoms with Crippen molar-refractivity contribution in [1.29, 1.82) is 0 Å². The van der Waals surface area contributed by atoms with Crippen molar-refractivity contribution in [2.75, 3.05) is 6.61 Å². The Morgan fingerprint density at radius 1 is 1.07 bits per heavy atom. The molecule has 1 heterocycles. The minimum atomic E-state index is -1.13. The van der Waals surface area contributed by atoms with E-state index in [1.54, 1.807) is 54.9 Å². The Labute approximate surface area is 169 Å². The van der Waals surface area contributed by atoms with Crippen LogP contribution in [0.5, 0.6) is 5.75 Å². The van der Waals surface area contributed by atoms with Crippen LogP contribution < -0.4 is 0 Å². The highest BCUT2D eigenvalue weighted by molar-refractivity contribution is 5.90. The van der Waals surface area contributed by atoms with E-state index in [-0.39, 0.29) is 12.4 Å². The molecule has 3 rings (SSSR count). The Bertz CT molecular complexity index is 943. The van der Waals surface area contributed by atoms with Gasteiger partial charge in [-0.15, -0.1) is 0 Å². The molecule has 0 aliphatic heterocycles. The highest BCUT2D eigenvalue weighted by Crippen LogP contribution is 2.28. The number of carbonyl (C=O) groups excluding carboxylic acids is 1. The average Bonchev–Trinajstić information content (AvgIpc) is 2.76. The third-order valence-corrected chi connectivity index (χ3v) is 4.51. The summed E-state index contributed by atoms with van der Waals surface area (Å²) < 4.78 is 18.7. The summed E-state index contributed by atoms with van der Waals surface area (Å²) in [4.78, 5) is 20.7. The normalized spacial score (nSPS) is 11.8. The highest BCUT2D eigenvalue weighted by atomic mass is 19.1. The zero-order chi connectivity index (χ0) is 20.6. The molecular formula is C23H23FN2O3. The largest absolute Gasteiger partial charge is 0.507 e. The fourth-order valence-corrected chi connectivity index (χ4v) is 2.85. The number of hydrogen-bond donors (Lipinski definition) is 1. The van der Waals surface area contributed by atoms with E-state index in [0.29, 0.717) is 28.9 Å². The summed E-state index contributed by atoms with van der Waals surface area (Å²) in [5.74, 6) is 0.107. The zero-order valence-electron chi connectivity index (χ0n) is 16.2. The summed E-state index contributed by atoms with van der Waals surface area (Å²) in [5, 5.41) is 9.93. The van der Waals surface area contributed by atoms with Crippen LogP contribution in [-0.4, -0.2) is 33.8 Å². The lowest BCUT2D eigenvalue weighted by Gasteiger charge is -2.09. The molecule has 5 nitrogen and oxygen atoms in total. The molecule has 0 saturated carbocycles. The van der Waals surface area contributed by atoms with Crippen LogP contribution in [-0.2, 0) is 4.74 Å². The number of rotatable bonds is 8. The Hall–Kier alpha value is -3.28. The van der Waals surface area contributed by atoms with E-state index in [4.69, 9.17) is 4.74 Å². The van der Waals surface area contributed by atoms with Gasteiger partial charge < -0.3 is 9.84 Å². The van der Waals surface area contributed by atoms with Gasteiger partial charge in [0.2, 0.25) is 0 Å². The number of hydrogen-bond acceptors (Lipinski definition) is 5. The zero-order valence-corrected chi connectivity index (χ0v) is 16.2. The number of ether oxygens (including phenoxy) is 1. The van der Waals surface area contributed by atoms with Gasteiger partial charge in [-0.05, 0) is 24.6 Å². The number of alkyl halides is 1. The molecule has 150 valence electrons. The summed E-state index contributed by atoms with van der Waals surface area (Å²) >= 11 is 0. The number of para-hydroxylation sites is 1. The van der Waals surface area contributed by atoms with E-state index in [2.05, 4.69) is 9.97 Å². The van der Waals surface area contributed by atoms with E-state index in [9.17, 15) is 14.3 Å². The van der Waals surface area contributed by atoms with E-state index in [1.807, 2.05) is 13.0 Å². The molecule has 0 aliphatic carbocycles. The number of unbranched alkanes of at least 4 members (excludes halogenated alkanes) is 1. The lowest BCUT2D eigenvalue weighted by atomic mass is 10.1. The van der Waals surface area contributed by atoms with Gasteiger partial charge in [-0.2, -0.15) is 0 Å². The standard InChI is InChI=1S/C23H23FN2O3/c1-2-3-6-19(24)15-29-23(28)17-11-9-16(10-12-17)22-25-13-18(14-26-22)20-7-4-5-8-21(20)27/h4-5,7-14,19,27H,2-3,6,15H2,1H3. The SMILES string of the molecule is CCCCC(F)COC(=O)c1ccc(-c2ncc(-c3ccccc3O)cn2)cc1. The molecule has 3 aromatic rings. The Morgan fingerprint density at radius 2 is 1.76 bits per heavy atom. The second kappa shape index (κ2) is 9.78. The average molecular weight is 394 g/mol. The van der Waals surface area contributed by atoms with Gasteiger partial charge in [-0.3, -0.25) is 0 Å². The van der Waals surface area contributed by atoms with Gasteiger partial charge in [0, 0.05) is 29.1 Å². The maximum Gasteiger partial charge on any atom is 0.338 e. The number of nitrogens with zero attached hydrogens (tertiary/aromatic N) is 2. The van der Waals surface area contributed by atoms with Crippen molar-refractivity contribution < 1.29 is 19.0 Å². The lowest BCUT2D eigenvalue weighted by molar-refractivity contribution is 0.0389. The number of carbonyl (C=O) groups is 1. The quantitative estimate of drug-likeness (QED) is 0.532. The topological polar surface area (TPSA) is 72.3 Å². The van der Waals surface area contributed by atoms with Gasteiger partial charge >= 0.3 is 5.97 Å². The maximum absolute atomic E-state index is 13.6. The first-order chi connectivity index (χ1) is 14.1. The fourth-order valence-electron chi connectivity index (χ4n) is 2.85. The van der Waals surface area contributed by atoms with Crippen LogP contribution in [0.3, 0.4) is 0 Å². The number of phenols is 1. The van der Waals surface area contributed by atoms with Crippen molar-refractivity contribution in [2.24, 2.45) is 0 Å². The number of phenolic OH excluding ortho intramolecular Hbond substituents is 1. The Balaban J connectivity index is 1.64. The fraction of sp³-hybridized carbons (Fsp3) is 0.261. The number of aromatic hydroxyl groups is 1. The van der Waals surface area contributed by atoms with Crippen LogP contribution in [0, 0.1) is 0 Å². The van der Waals surface area contributed by atoms with E-state index in [1.165, 1.54) is 0 Å². The summed E-state index contributed by atoms with van der Waals surface area (Å²) in [5.41, 5.74) is 2.44. The molecule has 0 amide bonds. The summed E-state index contributed by atoms with van der Waals surface area (Å²) in [7, 11) is 0. The van der Waals surface area contributed by atoms with Crippen LogP contribution in [0.2, 0.25) is 0 Å². The van der Waals surface area contributed by atoms with Crippen LogP contribution in [0.1, 0.15) is 36.5 Å². The van der Waals surface area contributed by atoms with Crippen molar-refractivity contribution in [3.63, 3.8) is 0 Å². The Morgan fingerprint density at radius 3 is 2.41 bits per heavy atom. The first-order valence-electron chi connectivity index (χ1n) is 9.60. The molecule has 0 radical (unpaired) electrons. The number of halogens is 1. The van der Waals surface area contributed by atoms with E-state index >= 15 is 0 Å². The lowest BCUT2D eigenvalue weighted by Crippen LogP contribution is -2.15. The molecule has 1 unspecified atom stereocenters. The van der Waals surface area contributed by atoms with E-state index in [0.717, 1.165) is 18.4 Å². The minimum absolute atomic E-state index is 0.164. The van der Waals surface area contributed by atoms with Crippen molar-refractivity contribution in [2.45, 2.75) is 32.4 Å². The number of aromatic nitrogens is 2. The Kier molecular flexibility index (Phi) is 6.89. The summed E-state index contributed by atoms with van der Waals surface area (Å²) in [6.07, 6.45) is 4.22. The molecule has 0 spiro atoms. The van der Waals surface area contributed by atoms with Gasteiger partial charge in [0.15, 0.2) is 5.82 Å². The molecule has 6 heteroatoms. The molecule has 0 aliphatic rings. The molecular weight excluding hydrogens is 371 g/mol. The number of esters is 1. The summed E-state index contributed by atoms with van der Waals surface area (Å²) in [6.45, 7) is 1.76. The first kappa shape index (κ1) is 20.5. The van der Waals surface area contributed by atoms with Crippen LogP contribution >= 0.6 is 0 Å². The summed E-state index contributed by atoms with van der Waals surface area (Å²) in [6, 6.07) is 13.6. The third kappa shape index (κ3) is 5.38. The van der Waals surface area contributed by atoms with Gasteiger partial charge in [-0.1, -0.05) is 50.1 Å². The molecule has 0 bridgehead atoms. The number of benzene rings is 2. The molecule has 1 N–H and O–H groups in total. The molecule has 1 atom stereocenters. The highest BCUT2D eigenvalue weighted by Gasteiger charge is 2.13. The van der Waals surface area contributed by atoms with Crippen molar-refractivity contribution in [3.05, 3.63) is 66.5 Å². The third-order valence-electron chi connectivity index (χ3n) is 4.51. The predicted molar refractivity (Wildman–Crippen MR) is 109 cm³/mol. The maximum atomic E-state index is 13.6. The molecule has 29 heavy (non-hydrogen) atoms. The monoisotopic (exact) mass is 394 g/mol. The van der Waals surface area contributed by atoms with Crippen LogP contribution in [0.15, 0.2) is 60.9 Å². The molecule has 2 aromatic carbocycles. The van der Waals surface area contributed by atoms with Gasteiger partial charge in [0.1, 0.15) is 18.5 Å². The smallest absolute Gasteiger partial charge is 0.338 e. The van der Waals surface area contributed by atoms with Crippen molar-refractivity contribution >= 4 is 5.97 Å².